The van der Waals surface area contributed by atoms with Gasteiger partial charge in [0.05, 0.1) is 0 Å². The summed E-state index contributed by atoms with van der Waals surface area (Å²) in [5.41, 5.74) is -0.0274. The van der Waals surface area contributed by atoms with Crippen molar-refractivity contribution in [3.8, 4) is 0 Å². The topological polar surface area (TPSA) is 49.3 Å². The maximum Gasteiger partial charge on any atom is 0.261 e. The summed E-state index contributed by atoms with van der Waals surface area (Å²) in [7, 11) is 0. The molecule has 102 valence electrons. The SMILES string of the molecule is O=C1Nc2ccccc2C1(O)Cc1cc(F)ccc1Br. The van der Waals surface area contributed by atoms with E-state index >= 15 is 0 Å². The summed E-state index contributed by atoms with van der Waals surface area (Å²) in [6.07, 6.45) is 0.00812. The van der Waals surface area contributed by atoms with Gasteiger partial charge in [0.2, 0.25) is 0 Å². The molecule has 1 aliphatic rings. The molecule has 2 aromatic carbocycles. The zero-order valence-electron chi connectivity index (χ0n) is 10.4. The van der Waals surface area contributed by atoms with Gasteiger partial charge in [-0.15, -0.1) is 0 Å². The Labute approximate surface area is 123 Å². The van der Waals surface area contributed by atoms with E-state index in [1.807, 2.05) is 0 Å². The minimum absolute atomic E-state index is 0.00812. The molecule has 0 bridgehead atoms. The number of rotatable bonds is 2. The van der Waals surface area contributed by atoms with Crippen LogP contribution in [0.4, 0.5) is 10.1 Å². The third-order valence-electron chi connectivity index (χ3n) is 3.45. The molecule has 20 heavy (non-hydrogen) atoms. The smallest absolute Gasteiger partial charge is 0.261 e. The zero-order valence-corrected chi connectivity index (χ0v) is 11.9. The molecule has 0 spiro atoms. The molecule has 1 heterocycles. The summed E-state index contributed by atoms with van der Waals surface area (Å²) < 4.78 is 14.0. The highest BCUT2D eigenvalue weighted by Crippen LogP contribution is 2.39. The van der Waals surface area contributed by atoms with Crippen molar-refractivity contribution in [3.63, 3.8) is 0 Å². The van der Waals surface area contributed by atoms with Crippen LogP contribution in [0.5, 0.6) is 0 Å². The minimum Gasteiger partial charge on any atom is -0.375 e. The molecular weight excluding hydrogens is 325 g/mol. The fourth-order valence-corrected chi connectivity index (χ4v) is 2.82. The number of aliphatic hydroxyl groups is 1. The molecule has 1 aliphatic heterocycles. The molecule has 0 fully saturated rings. The molecule has 1 amide bonds. The molecule has 3 nitrogen and oxygen atoms in total. The number of hydrogen-bond acceptors (Lipinski definition) is 2. The number of carbonyl (C=O) groups is 1. The zero-order chi connectivity index (χ0) is 14.3. The number of benzene rings is 2. The molecule has 3 rings (SSSR count). The normalized spacial score (nSPS) is 20.6. The first-order chi connectivity index (χ1) is 9.50. The van der Waals surface area contributed by atoms with Crippen molar-refractivity contribution in [3.05, 3.63) is 63.9 Å². The fourth-order valence-electron chi connectivity index (χ4n) is 2.43. The van der Waals surface area contributed by atoms with Crippen LogP contribution in [0.2, 0.25) is 0 Å². The van der Waals surface area contributed by atoms with E-state index in [1.54, 1.807) is 30.3 Å². The van der Waals surface area contributed by atoms with Gasteiger partial charge in [0.25, 0.3) is 5.91 Å². The molecule has 0 saturated carbocycles. The maximum atomic E-state index is 13.3. The summed E-state index contributed by atoms with van der Waals surface area (Å²) in [4.78, 5) is 12.1. The van der Waals surface area contributed by atoms with Crippen LogP contribution in [-0.2, 0) is 16.8 Å². The number of fused-ring (bicyclic) bond motifs is 1. The van der Waals surface area contributed by atoms with Crippen molar-refractivity contribution in [2.24, 2.45) is 0 Å². The van der Waals surface area contributed by atoms with Crippen molar-refractivity contribution in [2.75, 3.05) is 5.32 Å². The quantitative estimate of drug-likeness (QED) is 0.886. The van der Waals surface area contributed by atoms with Gasteiger partial charge in [-0.25, -0.2) is 4.39 Å². The van der Waals surface area contributed by atoms with E-state index in [2.05, 4.69) is 21.2 Å². The lowest BCUT2D eigenvalue weighted by molar-refractivity contribution is -0.133. The molecule has 2 aromatic rings. The van der Waals surface area contributed by atoms with Crippen molar-refractivity contribution in [1.82, 2.24) is 0 Å². The second kappa shape index (κ2) is 4.68. The van der Waals surface area contributed by atoms with Gasteiger partial charge in [0.1, 0.15) is 5.82 Å². The minimum atomic E-state index is -1.67. The summed E-state index contributed by atoms with van der Waals surface area (Å²) in [6.45, 7) is 0. The summed E-state index contributed by atoms with van der Waals surface area (Å²) >= 11 is 3.31. The average Bonchev–Trinajstić information content (AvgIpc) is 2.67. The van der Waals surface area contributed by atoms with Gasteiger partial charge in [-0.05, 0) is 29.8 Å². The van der Waals surface area contributed by atoms with Gasteiger partial charge in [0.15, 0.2) is 5.60 Å². The first-order valence-electron chi connectivity index (χ1n) is 6.08. The first kappa shape index (κ1) is 13.3. The first-order valence-corrected chi connectivity index (χ1v) is 6.87. The van der Waals surface area contributed by atoms with E-state index in [-0.39, 0.29) is 6.42 Å². The molecule has 5 heteroatoms. The maximum absolute atomic E-state index is 13.3. The Bertz CT molecular complexity index is 704. The summed E-state index contributed by atoms with van der Waals surface area (Å²) in [5, 5.41) is 13.4. The average molecular weight is 336 g/mol. The molecule has 0 radical (unpaired) electrons. The van der Waals surface area contributed by atoms with E-state index in [1.165, 1.54) is 12.1 Å². The number of hydrogen-bond donors (Lipinski definition) is 2. The Morgan fingerprint density at radius 1 is 1.25 bits per heavy atom. The van der Waals surface area contributed by atoms with Crippen LogP contribution in [0.15, 0.2) is 46.9 Å². The molecule has 1 unspecified atom stereocenters. The predicted molar refractivity (Wildman–Crippen MR) is 76.8 cm³/mol. The second-order valence-corrected chi connectivity index (χ2v) is 5.63. The number of halogens is 2. The van der Waals surface area contributed by atoms with Crippen LogP contribution in [0, 0.1) is 5.82 Å². The van der Waals surface area contributed by atoms with Gasteiger partial charge >= 0.3 is 0 Å². The highest BCUT2D eigenvalue weighted by atomic mass is 79.9. The van der Waals surface area contributed by atoms with Gasteiger partial charge in [-0.1, -0.05) is 34.1 Å². The number of anilines is 1. The number of nitrogens with one attached hydrogen (secondary N) is 1. The number of carbonyl (C=O) groups excluding carboxylic acids is 1. The Balaban J connectivity index is 2.05. The van der Waals surface area contributed by atoms with E-state index in [0.717, 1.165) is 0 Å². The molecular formula is C15H11BrFNO2. The summed E-state index contributed by atoms with van der Waals surface area (Å²) in [5.74, 6) is -0.895. The van der Waals surface area contributed by atoms with Crippen LogP contribution in [0.3, 0.4) is 0 Å². The van der Waals surface area contributed by atoms with Gasteiger partial charge < -0.3 is 10.4 Å². The molecule has 0 aliphatic carbocycles. The van der Waals surface area contributed by atoms with Gasteiger partial charge in [-0.2, -0.15) is 0 Å². The largest absolute Gasteiger partial charge is 0.375 e. The Kier molecular flexibility index (Phi) is 3.11. The van der Waals surface area contributed by atoms with E-state index in [0.29, 0.717) is 21.3 Å². The summed E-state index contributed by atoms with van der Waals surface area (Å²) in [6, 6.07) is 11.2. The van der Waals surface area contributed by atoms with Crippen molar-refractivity contribution < 1.29 is 14.3 Å². The second-order valence-electron chi connectivity index (χ2n) is 4.77. The van der Waals surface area contributed by atoms with Gasteiger partial charge in [-0.3, -0.25) is 4.79 Å². The van der Waals surface area contributed by atoms with Crippen LogP contribution in [0.25, 0.3) is 0 Å². The molecule has 0 aromatic heterocycles. The lowest BCUT2D eigenvalue weighted by atomic mass is 9.88. The molecule has 1 atom stereocenters. The van der Waals surface area contributed by atoms with Crippen LogP contribution in [0.1, 0.15) is 11.1 Å². The third-order valence-corrected chi connectivity index (χ3v) is 4.22. The monoisotopic (exact) mass is 335 g/mol. The van der Waals surface area contributed by atoms with Crippen LogP contribution >= 0.6 is 15.9 Å². The van der Waals surface area contributed by atoms with E-state index in [4.69, 9.17) is 0 Å². The number of para-hydroxylation sites is 1. The van der Waals surface area contributed by atoms with Crippen molar-refractivity contribution in [1.29, 1.82) is 0 Å². The van der Waals surface area contributed by atoms with Crippen LogP contribution in [-0.4, -0.2) is 11.0 Å². The molecule has 0 saturated heterocycles. The predicted octanol–water partition coefficient (Wildman–Crippen LogP) is 2.97. The number of amides is 1. The lowest BCUT2D eigenvalue weighted by Crippen LogP contribution is -2.36. The Morgan fingerprint density at radius 2 is 2.00 bits per heavy atom. The molecule has 2 N–H and O–H groups in total. The van der Waals surface area contributed by atoms with E-state index < -0.39 is 17.3 Å². The highest BCUT2D eigenvalue weighted by Gasteiger charge is 2.45. The highest BCUT2D eigenvalue weighted by molar-refractivity contribution is 9.10. The Hall–Kier alpha value is -1.72. The lowest BCUT2D eigenvalue weighted by Gasteiger charge is -2.21. The fraction of sp³-hybridized carbons (Fsp3) is 0.133. The van der Waals surface area contributed by atoms with Crippen molar-refractivity contribution in [2.45, 2.75) is 12.0 Å². The third kappa shape index (κ3) is 2.03. The van der Waals surface area contributed by atoms with E-state index in [9.17, 15) is 14.3 Å². The van der Waals surface area contributed by atoms with Gasteiger partial charge in [0, 0.05) is 22.1 Å². The van der Waals surface area contributed by atoms with Crippen molar-refractivity contribution >= 4 is 27.5 Å². The van der Waals surface area contributed by atoms with Crippen LogP contribution < -0.4 is 5.32 Å². The Morgan fingerprint density at radius 3 is 2.80 bits per heavy atom. The standard InChI is InChI=1S/C15H11BrFNO2/c16-12-6-5-10(17)7-9(12)8-15(20)11-3-1-2-4-13(11)18-14(15)19/h1-7,20H,8H2,(H,18,19).